The Hall–Kier alpha value is -1.19. The van der Waals surface area contributed by atoms with Crippen molar-refractivity contribution in [2.24, 2.45) is 0 Å². The van der Waals surface area contributed by atoms with Gasteiger partial charge in [-0.2, -0.15) is 11.1 Å². The van der Waals surface area contributed by atoms with E-state index in [1.807, 2.05) is 0 Å². The van der Waals surface area contributed by atoms with Gasteiger partial charge >= 0.3 is 21.7 Å². The Balaban J connectivity index is 0.00000462. The summed E-state index contributed by atoms with van der Waals surface area (Å²) < 4.78 is 0. The molecule has 0 heterocycles. The molecule has 0 aliphatic rings. The van der Waals surface area contributed by atoms with E-state index < -0.39 is 9.52 Å². The van der Waals surface area contributed by atoms with Gasteiger partial charge in [-0.25, -0.2) is 0 Å². The number of hydrogen-bond donors (Lipinski definition) is 0. The minimum Gasteiger partial charge on any atom is -1.00 e. The van der Waals surface area contributed by atoms with Crippen LogP contribution in [0.3, 0.4) is 0 Å². The predicted molar refractivity (Wildman–Crippen MR) is 181 cm³/mol. The molecule has 0 bridgehead atoms. The maximum atomic E-state index is 2.52. The Morgan fingerprint density at radius 3 is 1.57 bits per heavy atom. The molecule has 0 amide bonds. The Labute approximate surface area is 304 Å². The van der Waals surface area contributed by atoms with E-state index in [0.717, 1.165) is 12.8 Å². The molecule has 0 spiro atoms. The van der Waals surface area contributed by atoms with Crippen LogP contribution in [0.5, 0.6) is 0 Å². The van der Waals surface area contributed by atoms with Crippen LogP contribution < -0.4 is 42.4 Å². The van der Waals surface area contributed by atoms with E-state index in [2.05, 4.69) is 143 Å². The summed E-state index contributed by atoms with van der Waals surface area (Å²) in [5, 5.41) is 1.54. The summed E-state index contributed by atoms with van der Waals surface area (Å²) in [7, 11) is -0.666. The molecular formula is C39H51Cl3SiTi. The van der Waals surface area contributed by atoms with E-state index in [4.69, 9.17) is 0 Å². The summed E-state index contributed by atoms with van der Waals surface area (Å²) in [5.41, 5.74) is 16.8. The second-order valence-corrected chi connectivity index (χ2v) is 16.0. The number of halogens is 3. The minimum atomic E-state index is -0.666. The molecule has 4 rings (SSSR count). The third-order valence-electron chi connectivity index (χ3n) is 9.05. The maximum absolute atomic E-state index is 2.52. The quantitative estimate of drug-likeness (QED) is 0.193. The Morgan fingerprint density at radius 1 is 0.659 bits per heavy atom. The largest absolute Gasteiger partial charge is 4.00 e. The fourth-order valence-electron chi connectivity index (χ4n) is 6.14. The topological polar surface area (TPSA) is 0 Å². The summed E-state index contributed by atoms with van der Waals surface area (Å²) in [6, 6.07) is 26.2. The Bertz CT molecular complexity index is 1440. The van der Waals surface area contributed by atoms with Crippen molar-refractivity contribution in [2.45, 2.75) is 105 Å². The van der Waals surface area contributed by atoms with Crippen LogP contribution in [-0.2, 0) is 45.4 Å². The molecule has 0 saturated carbocycles. The number of aryl methyl sites for hydroxylation is 2. The van der Waals surface area contributed by atoms with Crippen molar-refractivity contribution >= 4 is 14.7 Å². The smallest absolute Gasteiger partial charge is 1.00 e. The zero-order valence-corrected chi connectivity index (χ0v) is 33.9. The van der Waals surface area contributed by atoms with Crippen LogP contribution in [0.25, 0.3) is 11.1 Å². The zero-order chi connectivity index (χ0) is 29.4. The van der Waals surface area contributed by atoms with Gasteiger partial charge in [-0.05, 0) is 40.3 Å². The fourth-order valence-corrected chi connectivity index (χ4v) is 8.34. The van der Waals surface area contributed by atoms with Gasteiger partial charge in [-0.15, -0.1) is 16.7 Å². The van der Waals surface area contributed by atoms with E-state index in [0.29, 0.717) is 5.54 Å². The van der Waals surface area contributed by atoms with Gasteiger partial charge in [0.15, 0.2) is 0 Å². The van der Waals surface area contributed by atoms with Gasteiger partial charge in [0.05, 0.1) is 9.52 Å². The van der Waals surface area contributed by atoms with E-state index >= 15 is 0 Å². The Morgan fingerprint density at radius 2 is 1.14 bits per heavy atom. The molecule has 5 heteroatoms. The third-order valence-corrected chi connectivity index (χ3v) is 11.3. The number of hydrogen-bond acceptors (Lipinski definition) is 0. The van der Waals surface area contributed by atoms with E-state index in [-0.39, 0.29) is 69.8 Å². The monoisotopic (exact) mass is 700 g/mol. The molecule has 1 atom stereocenters. The molecular weight excluding hydrogens is 651 g/mol. The van der Waals surface area contributed by atoms with Crippen molar-refractivity contribution in [2.75, 3.05) is 0 Å². The average Bonchev–Trinajstić information content (AvgIpc) is 3.14. The molecule has 0 fully saturated rings. The van der Waals surface area contributed by atoms with Gasteiger partial charge in [-0.1, -0.05) is 170 Å². The van der Waals surface area contributed by atoms with Gasteiger partial charge in [0, 0.05) is 0 Å². The summed E-state index contributed by atoms with van der Waals surface area (Å²) in [4.78, 5) is 0. The van der Waals surface area contributed by atoms with Gasteiger partial charge < -0.3 is 37.2 Å². The van der Waals surface area contributed by atoms with Crippen LogP contribution in [0.4, 0.5) is 0 Å². The fraction of sp³-hybridized carbons (Fsp3) is 0.410. The second-order valence-electron chi connectivity index (χ2n) is 14.0. The van der Waals surface area contributed by atoms with E-state index in [9.17, 15) is 0 Å². The minimum absolute atomic E-state index is 0. The molecule has 0 nitrogen and oxygen atoms in total. The molecule has 0 aromatic heterocycles. The standard InChI is InChI=1S/C39H51Si.3ClH.Ti/c1-12-28-19-29(13-2)21-31(20-28)37(40-34-17-15-14-16-18-34)36-27(5)25(3)26(4)35(36)30-22-32(38(6,7)8)24-33(23-30)39(9,10)11;;;;/h14-24,37H,12-13,40H2,1-11H3;3*1H;/q-1;;;;+4/p-3. The van der Waals surface area contributed by atoms with Crippen LogP contribution in [0.1, 0.15) is 111 Å². The molecule has 1 unspecified atom stereocenters. The molecule has 0 radical (unpaired) electrons. The summed E-state index contributed by atoms with van der Waals surface area (Å²) >= 11 is 0. The molecule has 4 aromatic rings. The van der Waals surface area contributed by atoms with Crippen molar-refractivity contribution in [3.05, 3.63) is 117 Å². The summed E-state index contributed by atoms with van der Waals surface area (Å²) in [5.74, 6) is 0. The van der Waals surface area contributed by atoms with E-state index in [1.54, 1.807) is 5.56 Å². The SMILES string of the molecule is CCc1cc(CC)cc(C([SiH2]c2ccccc2)[c-]2c(C)c(C)c(C)c2-c2cc(C(C)(C)C)cc(C(C)(C)C)c2)c1.[Cl-].[Cl-].[Cl-].[Ti+4]. The normalized spacial score (nSPS) is 12.2. The van der Waals surface area contributed by atoms with Crippen LogP contribution in [-0.4, -0.2) is 9.52 Å². The van der Waals surface area contributed by atoms with Crippen LogP contribution in [0.15, 0.2) is 66.7 Å². The molecule has 0 N–H and O–H groups in total. The molecule has 0 aliphatic heterocycles. The van der Waals surface area contributed by atoms with Crippen molar-refractivity contribution in [1.82, 2.24) is 0 Å². The first-order valence-electron chi connectivity index (χ1n) is 15.3. The first-order valence-corrected chi connectivity index (χ1v) is 16.9. The molecule has 44 heavy (non-hydrogen) atoms. The number of benzene rings is 3. The molecule has 0 aliphatic carbocycles. The van der Waals surface area contributed by atoms with E-state index in [1.165, 1.54) is 60.8 Å². The van der Waals surface area contributed by atoms with Gasteiger partial charge in [0.2, 0.25) is 0 Å². The average molecular weight is 702 g/mol. The van der Waals surface area contributed by atoms with Crippen molar-refractivity contribution in [1.29, 1.82) is 0 Å². The van der Waals surface area contributed by atoms with Crippen LogP contribution in [0.2, 0.25) is 0 Å². The van der Waals surface area contributed by atoms with Crippen molar-refractivity contribution < 1.29 is 58.9 Å². The van der Waals surface area contributed by atoms with Crippen LogP contribution >= 0.6 is 0 Å². The first-order chi connectivity index (χ1) is 18.7. The van der Waals surface area contributed by atoms with Crippen LogP contribution in [0, 0.1) is 20.8 Å². The summed E-state index contributed by atoms with van der Waals surface area (Å²) in [6.07, 6.45) is 2.15. The van der Waals surface area contributed by atoms with Crippen molar-refractivity contribution in [3.8, 4) is 11.1 Å². The summed E-state index contributed by atoms with van der Waals surface area (Å²) in [6.45, 7) is 25.8. The van der Waals surface area contributed by atoms with Crippen molar-refractivity contribution in [3.63, 3.8) is 0 Å². The molecule has 4 aromatic carbocycles. The second kappa shape index (κ2) is 17.1. The molecule has 0 saturated heterocycles. The maximum Gasteiger partial charge on any atom is 4.00 e. The number of rotatable bonds is 7. The first kappa shape index (κ1) is 42.8. The Kier molecular flexibility index (Phi) is 16.6. The third kappa shape index (κ3) is 9.43. The van der Waals surface area contributed by atoms with Gasteiger partial charge in [0.1, 0.15) is 0 Å². The van der Waals surface area contributed by atoms with Gasteiger partial charge in [0.25, 0.3) is 0 Å². The zero-order valence-electron chi connectivity index (χ0n) is 28.7. The predicted octanol–water partition coefficient (Wildman–Crippen LogP) is 0.311. The van der Waals surface area contributed by atoms with Gasteiger partial charge in [-0.3, -0.25) is 0 Å². The molecule has 236 valence electrons.